The molecule has 0 bridgehead atoms. The van der Waals surface area contributed by atoms with Crippen molar-refractivity contribution < 1.29 is 17.8 Å². The van der Waals surface area contributed by atoms with Crippen molar-refractivity contribution in [3.8, 4) is 0 Å². The molecule has 0 aliphatic carbocycles. The molecule has 2 N–H and O–H groups in total. The summed E-state index contributed by atoms with van der Waals surface area (Å²) in [6.07, 6.45) is -5.08. The summed E-state index contributed by atoms with van der Waals surface area (Å²) < 4.78 is 53.5. The van der Waals surface area contributed by atoms with Crippen LogP contribution in [0.25, 0.3) is 10.9 Å². The van der Waals surface area contributed by atoms with Crippen LogP contribution in [-0.4, -0.2) is 17.1 Å². The van der Waals surface area contributed by atoms with Gasteiger partial charge in [0.2, 0.25) is 0 Å². The Hall–Kier alpha value is -1.97. The van der Waals surface area contributed by atoms with Crippen LogP contribution in [0.15, 0.2) is 30.5 Å². The summed E-state index contributed by atoms with van der Waals surface area (Å²) in [6.45, 7) is -1.54. The average Bonchev–Trinajstić information content (AvgIpc) is 2.90. The quantitative estimate of drug-likeness (QED) is 0.657. The Labute approximate surface area is 115 Å². The largest absolute Gasteiger partial charge is 0.466 e. The van der Waals surface area contributed by atoms with Gasteiger partial charge in [-0.05, 0) is 37.6 Å². The first-order valence-electron chi connectivity index (χ1n) is 8.51. The van der Waals surface area contributed by atoms with Crippen LogP contribution in [0.1, 0.15) is 27.9 Å². The third kappa shape index (κ3) is 2.83. The maximum absolute atomic E-state index is 11.8. The molecule has 2 rings (SSSR count). The maximum atomic E-state index is 11.8. The molecule has 96 valence electrons. The number of carbonyl (C=O) groups excluding carboxylic acids is 1. The molecule has 0 saturated heterocycles. The second-order valence-corrected chi connectivity index (χ2v) is 3.59. The molecule has 0 aliphatic heterocycles. The van der Waals surface area contributed by atoms with E-state index in [2.05, 4.69) is 4.74 Å². The van der Waals surface area contributed by atoms with Gasteiger partial charge in [0, 0.05) is 43.9 Å². The third-order valence-corrected chi connectivity index (χ3v) is 2.33. The second kappa shape index (κ2) is 5.58. The highest BCUT2D eigenvalue weighted by Crippen LogP contribution is 2.19. The lowest BCUT2D eigenvalue weighted by molar-refractivity contribution is -0.143. The molecule has 0 atom stereocenters. The Morgan fingerprint density at radius 3 is 3.11 bits per heavy atom. The number of nitrogens with two attached hydrogens (primary N) is 1. The number of rotatable bonds is 5. The normalized spacial score (nSPS) is 18.1. The fraction of sp³-hybridized carbons (Fsp3) is 0.357. The van der Waals surface area contributed by atoms with Crippen molar-refractivity contribution in [3.05, 3.63) is 30.5 Å². The van der Waals surface area contributed by atoms with Crippen LogP contribution in [0.2, 0.25) is 0 Å². The van der Waals surface area contributed by atoms with Crippen molar-refractivity contribution in [2.75, 3.05) is 12.3 Å². The highest BCUT2D eigenvalue weighted by molar-refractivity contribution is 5.83. The van der Waals surface area contributed by atoms with Crippen LogP contribution in [0.4, 0.5) is 5.69 Å². The molecule has 1 heterocycles. The molecular weight excluding hydrogens is 228 g/mol. The van der Waals surface area contributed by atoms with Crippen LogP contribution in [-0.2, 0) is 16.0 Å². The summed E-state index contributed by atoms with van der Waals surface area (Å²) in [4.78, 5) is 11.8. The lowest BCUT2D eigenvalue weighted by Crippen LogP contribution is -2.05. The van der Waals surface area contributed by atoms with Crippen molar-refractivity contribution in [1.29, 1.82) is 0 Å². The van der Waals surface area contributed by atoms with Gasteiger partial charge in [-0.15, -0.1) is 0 Å². The second-order valence-electron chi connectivity index (χ2n) is 3.59. The Balaban J connectivity index is 2.56. The Bertz CT molecular complexity index is 772. The molecule has 0 amide bonds. The number of aromatic nitrogens is 1. The molecule has 0 spiro atoms. The molecule has 4 nitrogen and oxygen atoms in total. The molecular formula is C14H18N2O2. The molecule has 4 heteroatoms. The van der Waals surface area contributed by atoms with Crippen LogP contribution in [0, 0.1) is 0 Å². The van der Waals surface area contributed by atoms with Crippen molar-refractivity contribution in [2.24, 2.45) is 0 Å². The van der Waals surface area contributed by atoms with Crippen LogP contribution in [0.3, 0.4) is 0 Å². The number of esters is 1. The molecule has 2 aromatic rings. The van der Waals surface area contributed by atoms with Gasteiger partial charge >= 0.3 is 5.97 Å². The van der Waals surface area contributed by atoms with Crippen LogP contribution < -0.4 is 5.73 Å². The van der Waals surface area contributed by atoms with Gasteiger partial charge in [-0.1, -0.05) is 0 Å². The van der Waals surface area contributed by atoms with Crippen molar-refractivity contribution in [2.45, 2.75) is 26.2 Å². The summed E-state index contributed by atoms with van der Waals surface area (Å²) in [5, 5.41) is 0.575. The average molecular weight is 252 g/mol. The molecule has 0 saturated carbocycles. The molecule has 0 aliphatic rings. The zero-order valence-electron chi connectivity index (χ0n) is 15.9. The Morgan fingerprint density at radius 2 is 2.33 bits per heavy atom. The summed E-state index contributed by atoms with van der Waals surface area (Å²) in [6, 6.07) is 6.18. The smallest absolute Gasteiger partial charge is 0.305 e. The van der Waals surface area contributed by atoms with E-state index in [9.17, 15) is 4.79 Å². The number of nitrogens with zero attached hydrogens (tertiary/aromatic N) is 1. The van der Waals surface area contributed by atoms with Crippen LogP contribution in [0.5, 0.6) is 0 Å². The van der Waals surface area contributed by atoms with Crippen molar-refractivity contribution in [1.82, 2.24) is 4.57 Å². The minimum atomic E-state index is -3.19. The van der Waals surface area contributed by atoms with Crippen molar-refractivity contribution in [3.63, 3.8) is 0 Å². The number of hydrogen-bond donors (Lipinski definition) is 1. The summed E-state index contributed by atoms with van der Waals surface area (Å²) >= 11 is 0. The van der Waals surface area contributed by atoms with Crippen molar-refractivity contribution >= 4 is 22.6 Å². The minimum absolute atomic E-state index is 0.136. The van der Waals surface area contributed by atoms with Gasteiger partial charge in [0.15, 0.2) is 0 Å². The van der Waals surface area contributed by atoms with Gasteiger partial charge in [0.25, 0.3) is 0 Å². The number of anilines is 1. The van der Waals surface area contributed by atoms with E-state index in [0.29, 0.717) is 16.6 Å². The number of nitrogen functional groups attached to an aromatic ring is 1. The molecule has 1 aromatic carbocycles. The van der Waals surface area contributed by atoms with E-state index in [0.717, 1.165) is 4.57 Å². The first kappa shape index (κ1) is 6.83. The van der Waals surface area contributed by atoms with Gasteiger partial charge in [-0.3, -0.25) is 4.79 Å². The first-order chi connectivity index (χ1) is 11.0. The van der Waals surface area contributed by atoms with E-state index < -0.39 is 25.2 Å². The monoisotopic (exact) mass is 252 g/mol. The maximum Gasteiger partial charge on any atom is 0.305 e. The van der Waals surface area contributed by atoms with Crippen LogP contribution >= 0.6 is 0 Å². The number of aryl methyl sites for hydroxylation is 1. The van der Waals surface area contributed by atoms with E-state index in [1.165, 1.54) is 25.3 Å². The number of fused-ring (bicyclic) bond motifs is 1. The highest BCUT2D eigenvalue weighted by Gasteiger charge is 2.04. The lowest BCUT2D eigenvalue weighted by Gasteiger charge is -2.05. The van der Waals surface area contributed by atoms with E-state index in [1.54, 1.807) is 12.1 Å². The fourth-order valence-electron chi connectivity index (χ4n) is 1.56. The molecule has 0 fully saturated rings. The van der Waals surface area contributed by atoms with E-state index in [-0.39, 0.29) is 6.61 Å². The predicted molar refractivity (Wildman–Crippen MR) is 72.2 cm³/mol. The fourth-order valence-corrected chi connectivity index (χ4v) is 1.56. The topological polar surface area (TPSA) is 57.2 Å². The minimum Gasteiger partial charge on any atom is -0.466 e. The van der Waals surface area contributed by atoms with Gasteiger partial charge in [-0.25, -0.2) is 0 Å². The third-order valence-electron chi connectivity index (χ3n) is 2.33. The van der Waals surface area contributed by atoms with E-state index >= 15 is 0 Å². The van der Waals surface area contributed by atoms with E-state index in [4.69, 9.17) is 14.0 Å². The summed E-state index contributed by atoms with van der Waals surface area (Å²) in [7, 11) is 0. The number of hydrogen-bond acceptors (Lipinski definition) is 3. The Morgan fingerprint density at radius 1 is 1.50 bits per heavy atom. The van der Waals surface area contributed by atoms with Gasteiger partial charge < -0.3 is 15.0 Å². The van der Waals surface area contributed by atoms with Gasteiger partial charge in [0.1, 0.15) is 0 Å². The summed E-state index contributed by atoms with van der Waals surface area (Å²) in [5.41, 5.74) is 6.47. The zero-order chi connectivity index (χ0) is 18.3. The Kier molecular flexibility index (Phi) is 2.12. The lowest BCUT2D eigenvalue weighted by atomic mass is 10.2. The number of carbonyl (C=O) groups is 1. The standard InChI is InChI=1S/C14H18N2O2/c1-2-18-14(17)4-3-8-16-9-7-11-10-12(15)5-6-13(11)16/h5-7,9-10H,2-4,8,15H2,1H3/i3D2,4D2,8D2. The molecule has 0 radical (unpaired) electrons. The molecule has 1 aromatic heterocycles. The SMILES string of the molecule is [2H]C([2H])(C(=O)OCC)C([2H])([2H])C([2H])([2H])n1ccc2cc(N)ccc21. The number of benzene rings is 1. The van der Waals surface area contributed by atoms with Gasteiger partial charge in [0.05, 0.1) is 6.61 Å². The molecule has 0 unspecified atom stereocenters. The number of ether oxygens (including phenoxy) is 1. The first-order valence-corrected chi connectivity index (χ1v) is 5.51. The summed E-state index contributed by atoms with van der Waals surface area (Å²) in [5.74, 6) is -1.44. The highest BCUT2D eigenvalue weighted by atomic mass is 16.5. The zero-order valence-corrected chi connectivity index (χ0v) is 9.93. The molecule has 18 heavy (non-hydrogen) atoms. The predicted octanol–water partition coefficient (Wildman–Crippen LogP) is 2.57. The van der Waals surface area contributed by atoms with Gasteiger partial charge in [-0.2, -0.15) is 0 Å². The van der Waals surface area contributed by atoms with E-state index in [1.807, 2.05) is 0 Å².